The van der Waals surface area contributed by atoms with E-state index in [4.69, 9.17) is 4.74 Å². The van der Waals surface area contributed by atoms with Crippen molar-refractivity contribution in [2.45, 2.75) is 20.0 Å². The lowest BCUT2D eigenvalue weighted by atomic mass is 10.2. The van der Waals surface area contributed by atoms with Crippen LogP contribution in [0.25, 0.3) is 0 Å². The van der Waals surface area contributed by atoms with Crippen molar-refractivity contribution in [1.82, 2.24) is 15.6 Å². The Morgan fingerprint density at radius 3 is 2.54 bits per heavy atom. The molecule has 2 aromatic carbocycles. The van der Waals surface area contributed by atoms with Crippen molar-refractivity contribution in [2.24, 2.45) is 4.99 Å². The molecule has 0 aliphatic carbocycles. The highest BCUT2D eigenvalue weighted by atomic mass is 32.1. The summed E-state index contributed by atoms with van der Waals surface area (Å²) in [5.74, 6) is 2.39. The summed E-state index contributed by atoms with van der Waals surface area (Å²) in [5, 5.41) is 7.64. The second-order valence-electron chi connectivity index (χ2n) is 5.71. The monoisotopic (exact) mass is 366 g/mol. The first-order chi connectivity index (χ1) is 12.7. The molecule has 0 aliphatic heterocycles. The average Bonchev–Trinajstić information content (AvgIpc) is 3.08. The third-order valence-corrected chi connectivity index (χ3v) is 4.55. The number of aryl methyl sites for hydroxylation is 1. The van der Waals surface area contributed by atoms with Crippen LogP contribution in [0, 0.1) is 6.92 Å². The van der Waals surface area contributed by atoms with Crippen molar-refractivity contribution in [3.63, 3.8) is 0 Å². The number of hydrogen-bond acceptors (Lipinski definition) is 4. The van der Waals surface area contributed by atoms with Crippen LogP contribution in [0.1, 0.15) is 15.4 Å². The van der Waals surface area contributed by atoms with Crippen molar-refractivity contribution >= 4 is 17.3 Å². The highest BCUT2D eigenvalue weighted by Gasteiger charge is 2.03. The Labute approximate surface area is 157 Å². The van der Waals surface area contributed by atoms with Gasteiger partial charge in [0.25, 0.3) is 0 Å². The fourth-order valence-electron chi connectivity index (χ4n) is 2.39. The predicted octanol–water partition coefficient (Wildman–Crippen LogP) is 4.11. The van der Waals surface area contributed by atoms with Gasteiger partial charge in [0.2, 0.25) is 0 Å². The number of nitrogens with one attached hydrogen (secondary N) is 2. The lowest BCUT2D eigenvalue weighted by Crippen LogP contribution is -2.36. The maximum atomic E-state index is 5.88. The summed E-state index contributed by atoms with van der Waals surface area (Å²) in [7, 11) is 1.76. The number of nitrogens with zero attached hydrogens (tertiary/aromatic N) is 2. The minimum Gasteiger partial charge on any atom is -0.457 e. The molecule has 5 nitrogen and oxygen atoms in total. The summed E-state index contributed by atoms with van der Waals surface area (Å²) in [6, 6.07) is 17.8. The van der Waals surface area contributed by atoms with Gasteiger partial charge in [0.15, 0.2) is 5.96 Å². The Balaban J connectivity index is 1.53. The van der Waals surface area contributed by atoms with Gasteiger partial charge in [0.1, 0.15) is 16.5 Å². The first-order valence-electron chi connectivity index (χ1n) is 8.40. The van der Waals surface area contributed by atoms with Crippen LogP contribution in [0.15, 0.2) is 65.8 Å². The maximum Gasteiger partial charge on any atom is 0.191 e. The molecule has 0 spiro atoms. The SMILES string of the molecule is CN=C(NCc1cccc(Oc2ccccc2)c1)NCc1ncc(C)s1. The molecule has 0 saturated carbocycles. The topological polar surface area (TPSA) is 58.5 Å². The van der Waals surface area contributed by atoms with E-state index in [1.807, 2.05) is 54.7 Å². The second kappa shape index (κ2) is 9.01. The number of para-hydroxylation sites is 1. The summed E-state index contributed by atoms with van der Waals surface area (Å²) < 4.78 is 5.88. The first-order valence-corrected chi connectivity index (χ1v) is 9.22. The van der Waals surface area contributed by atoms with Crippen LogP contribution < -0.4 is 15.4 Å². The van der Waals surface area contributed by atoms with Crippen molar-refractivity contribution in [3.8, 4) is 11.5 Å². The lowest BCUT2D eigenvalue weighted by Gasteiger charge is -2.12. The van der Waals surface area contributed by atoms with Gasteiger partial charge in [0, 0.05) is 24.7 Å². The molecule has 2 N–H and O–H groups in total. The van der Waals surface area contributed by atoms with Crippen LogP contribution in [0.3, 0.4) is 0 Å². The molecule has 0 fully saturated rings. The van der Waals surface area contributed by atoms with Gasteiger partial charge >= 0.3 is 0 Å². The largest absolute Gasteiger partial charge is 0.457 e. The maximum absolute atomic E-state index is 5.88. The Morgan fingerprint density at radius 2 is 1.81 bits per heavy atom. The average molecular weight is 366 g/mol. The summed E-state index contributed by atoms with van der Waals surface area (Å²) >= 11 is 1.68. The first kappa shape index (κ1) is 17.9. The molecule has 26 heavy (non-hydrogen) atoms. The zero-order chi connectivity index (χ0) is 18.2. The summed E-state index contributed by atoms with van der Waals surface area (Å²) in [6.07, 6.45) is 1.89. The second-order valence-corrected chi connectivity index (χ2v) is 7.03. The number of hydrogen-bond donors (Lipinski definition) is 2. The van der Waals surface area contributed by atoms with Gasteiger partial charge in [-0.1, -0.05) is 30.3 Å². The smallest absolute Gasteiger partial charge is 0.191 e. The van der Waals surface area contributed by atoms with Crippen LogP contribution >= 0.6 is 11.3 Å². The van der Waals surface area contributed by atoms with E-state index in [9.17, 15) is 0 Å². The van der Waals surface area contributed by atoms with Crippen molar-refractivity contribution in [2.75, 3.05) is 7.05 Å². The number of aromatic nitrogens is 1. The highest BCUT2D eigenvalue weighted by molar-refractivity contribution is 7.11. The van der Waals surface area contributed by atoms with Gasteiger partial charge in [-0.25, -0.2) is 4.98 Å². The molecule has 1 heterocycles. The molecule has 3 aromatic rings. The standard InChI is InChI=1S/C20H22N4OS/c1-15-12-22-19(26-15)14-24-20(21-2)23-13-16-7-6-10-18(11-16)25-17-8-4-3-5-9-17/h3-12H,13-14H2,1-2H3,(H2,21,23,24). The summed E-state index contributed by atoms with van der Waals surface area (Å²) in [4.78, 5) is 9.81. The number of ether oxygens (including phenoxy) is 1. The van der Waals surface area contributed by atoms with E-state index in [0.29, 0.717) is 13.1 Å². The van der Waals surface area contributed by atoms with E-state index in [0.717, 1.165) is 28.0 Å². The Hall–Kier alpha value is -2.86. The molecule has 0 aliphatic rings. The molecule has 0 bridgehead atoms. The molecule has 6 heteroatoms. The Morgan fingerprint density at radius 1 is 1.04 bits per heavy atom. The van der Waals surface area contributed by atoms with Crippen LogP contribution in [0.2, 0.25) is 0 Å². The molecule has 0 atom stereocenters. The molecule has 3 rings (SSSR count). The molecule has 1 aromatic heterocycles. The number of rotatable bonds is 6. The normalized spacial score (nSPS) is 11.2. The van der Waals surface area contributed by atoms with E-state index in [2.05, 4.69) is 33.6 Å². The van der Waals surface area contributed by atoms with Crippen LogP contribution in [-0.4, -0.2) is 18.0 Å². The molecular weight excluding hydrogens is 344 g/mol. The van der Waals surface area contributed by atoms with Gasteiger partial charge in [-0.05, 0) is 36.8 Å². The quantitative estimate of drug-likeness (QED) is 0.509. The highest BCUT2D eigenvalue weighted by Crippen LogP contribution is 2.21. The van der Waals surface area contributed by atoms with E-state index in [1.165, 1.54) is 4.88 Å². The summed E-state index contributed by atoms with van der Waals surface area (Å²) in [5.41, 5.74) is 1.12. The molecule has 0 saturated heterocycles. The fourth-order valence-corrected chi connectivity index (χ4v) is 3.12. The number of guanidine groups is 1. The molecule has 134 valence electrons. The van der Waals surface area contributed by atoms with Crippen molar-refractivity contribution in [3.05, 3.63) is 76.2 Å². The van der Waals surface area contributed by atoms with E-state index in [1.54, 1.807) is 18.4 Å². The zero-order valence-electron chi connectivity index (χ0n) is 14.9. The minimum atomic E-state index is 0.655. The number of benzene rings is 2. The fraction of sp³-hybridized carbons (Fsp3) is 0.200. The van der Waals surface area contributed by atoms with Crippen LogP contribution in [-0.2, 0) is 13.1 Å². The van der Waals surface area contributed by atoms with Crippen molar-refractivity contribution < 1.29 is 4.74 Å². The van der Waals surface area contributed by atoms with Gasteiger partial charge in [0.05, 0.1) is 6.54 Å². The van der Waals surface area contributed by atoms with Gasteiger partial charge in [-0.15, -0.1) is 11.3 Å². The van der Waals surface area contributed by atoms with Crippen LogP contribution in [0.4, 0.5) is 0 Å². The number of aliphatic imine (C=N–C) groups is 1. The van der Waals surface area contributed by atoms with Crippen molar-refractivity contribution in [1.29, 1.82) is 0 Å². The molecule has 0 amide bonds. The molecular formula is C20H22N4OS. The third-order valence-electron chi connectivity index (χ3n) is 3.64. The summed E-state index contributed by atoms with van der Waals surface area (Å²) in [6.45, 7) is 3.37. The van der Waals surface area contributed by atoms with Crippen LogP contribution in [0.5, 0.6) is 11.5 Å². The number of thiazole rings is 1. The third kappa shape index (κ3) is 5.32. The van der Waals surface area contributed by atoms with Gasteiger partial charge in [-0.2, -0.15) is 0 Å². The van der Waals surface area contributed by atoms with Gasteiger partial charge < -0.3 is 15.4 Å². The van der Waals surface area contributed by atoms with Gasteiger partial charge in [-0.3, -0.25) is 4.99 Å². The minimum absolute atomic E-state index is 0.655. The van der Waals surface area contributed by atoms with E-state index in [-0.39, 0.29) is 0 Å². The Bertz CT molecular complexity index is 861. The molecule has 0 unspecified atom stereocenters. The lowest BCUT2D eigenvalue weighted by molar-refractivity contribution is 0.482. The van der Waals surface area contributed by atoms with E-state index < -0.39 is 0 Å². The predicted molar refractivity (Wildman–Crippen MR) is 107 cm³/mol. The zero-order valence-corrected chi connectivity index (χ0v) is 15.7. The molecule has 0 radical (unpaired) electrons. The van der Waals surface area contributed by atoms with E-state index >= 15 is 0 Å². The Kier molecular flexibility index (Phi) is 6.22.